The Kier molecular flexibility index (Phi) is 5.99. The number of primary amides is 1. The summed E-state index contributed by atoms with van der Waals surface area (Å²) in [6.45, 7) is 6.33. The van der Waals surface area contributed by atoms with Crippen molar-refractivity contribution in [1.82, 2.24) is 9.88 Å². The molecule has 0 saturated carbocycles. The maximum absolute atomic E-state index is 12.4. The Labute approximate surface area is 150 Å². The van der Waals surface area contributed by atoms with Gasteiger partial charge >= 0.3 is 6.09 Å². The predicted molar refractivity (Wildman–Crippen MR) is 94.2 cm³/mol. The van der Waals surface area contributed by atoms with Gasteiger partial charge in [-0.15, -0.1) is 11.3 Å². The van der Waals surface area contributed by atoms with Crippen LogP contribution in [0.15, 0.2) is 5.38 Å². The summed E-state index contributed by atoms with van der Waals surface area (Å²) in [5, 5.41) is 4.87. The highest BCUT2D eigenvalue weighted by molar-refractivity contribution is 7.13. The van der Waals surface area contributed by atoms with Crippen LogP contribution in [0.3, 0.4) is 0 Å². The molecule has 1 aliphatic heterocycles. The number of nitrogens with one attached hydrogen (secondary N) is 1. The molecule has 1 fully saturated rings. The summed E-state index contributed by atoms with van der Waals surface area (Å²) in [6.07, 6.45) is 1.08. The lowest BCUT2D eigenvalue weighted by Gasteiger charge is -2.33. The van der Waals surface area contributed by atoms with Gasteiger partial charge in [0.15, 0.2) is 5.13 Å². The van der Waals surface area contributed by atoms with Gasteiger partial charge in [-0.25, -0.2) is 9.78 Å². The number of piperidine rings is 1. The number of ether oxygens (including phenoxy) is 1. The van der Waals surface area contributed by atoms with Crippen LogP contribution in [0, 0.1) is 5.92 Å². The quantitative estimate of drug-likeness (QED) is 0.840. The standard InChI is InChI=1S/C16H24N4O4S/c1-16(2,3)24-15(23)20-6-4-5-10(8-20)13(22)19-14-18-11(9-25-14)7-12(17)21/h9-10H,4-8H2,1-3H3,(H2,17,21)(H,18,19,22). The van der Waals surface area contributed by atoms with Crippen LogP contribution in [0.5, 0.6) is 0 Å². The number of hydrogen-bond acceptors (Lipinski definition) is 6. The second kappa shape index (κ2) is 7.81. The molecule has 3 N–H and O–H groups in total. The van der Waals surface area contributed by atoms with Gasteiger partial charge in [-0.2, -0.15) is 0 Å². The SMILES string of the molecule is CC(C)(C)OC(=O)N1CCCC(C(=O)Nc2nc(CC(N)=O)cs2)C1. The van der Waals surface area contributed by atoms with Crippen LogP contribution in [0.1, 0.15) is 39.3 Å². The molecule has 138 valence electrons. The van der Waals surface area contributed by atoms with Gasteiger partial charge in [0.25, 0.3) is 0 Å². The van der Waals surface area contributed by atoms with Crippen LogP contribution in [0.25, 0.3) is 0 Å². The number of amides is 3. The molecule has 0 radical (unpaired) electrons. The third-order valence-electron chi connectivity index (χ3n) is 3.58. The number of hydrogen-bond donors (Lipinski definition) is 2. The zero-order valence-electron chi connectivity index (χ0n) is 14.7. The number of nitrogens with zero attached hydrogens (tertiary/aromatic N) is 2. The van der Waals surface area contributed by atoms with Crippen molar-refractivity contribution in [2.75, 3.05) is 18.4 Å². The van der Waals surface area contributed by atoms with Crippen LogP contribution in [0.4, 0.5) is 9.93 Å². The molecular formula is C16H24N4O4S. The fourth-order valence-electron chi connectivity index (χ4n) is 2.52. The summed E-state index contributed by atoms with van der Waals surface area (Å²) in [6, 6.07) is 0. The zero-order chi connectivity index (χ0) is 18.6. The molecule has 1 atom stereocenters. The zero-order valence-corrected chi connectivity index (χ0v) is 15.5. The van der Waals surface area contributed by atoms with Gasteiger partial charge in [0.05, 0.1) is 18.0 Å². The third kappa shape index (κ3) is 6.00. The van der Waals surface area contributed by atoms with Crippen molar-refractivity contribution >= 4 is 34.4 Å². The Morgan fingerprint density at radius 2 is 2.16 bits per heavy atom. The fraction of sp³-hybridized carbons (Fsp3) is 0.625. The number of anilines is 1. The van der Waals surface area contributed by atoms with Crippen LogP contribution < -0.4 is 11.1 Å². The number of carbonyl (C=O) groups is 3. The number of likely N-dealkylation sites (tertiary alicyclic amines) is 1. The Morgan fingerprint density at radius 1 is 1.44 bits per heavy atom. The van der Waals surface area contributed by atoms with Crippen LogP contribution in [0.2, 0.25) is 0 Å². The Hall–Kier alpha value is -2.16. The first-order valence-corrected chi connectivity index (χ1v) is 9.03. The average Bonchev–Trinajstić information content (AvgIpc) is 2.91. The molecule has 1 aliphatic rings. The summed E-state index contributed by atoms with van der Waals surface area (Å²) < 4.78 is 5.37. The monoisotopic (exact) mass is 368 g/mol. The van der Waals surface area contributed by atoms with Crippen molar-refractivity contribution < 1.29 is 19.1 Å². The number of aromatic nitrogens is 1. The van der Waals surface area contributed by atoms with E-state index in [2.05, 4.69) is 10.3 Å². The summed E-state index contributed by atoms with van der Waals surface area (Å²) in [7, 11) is 0. The van der Waals surface area contributed by atoms with Crippen molar-refractivity contribution in [3.8, 4) is 0 Å². The van der Waals surface area contributed by atoms with E-state index < -0.39 is 17.6 Å². The van der Waals surface area contributed by atoms with E-state index in [1.807, 2.05) is 20.8 Å². The number of carbonyl (C=O) groups excluding carboxylic acids is 3. The first-order valence-electron chi connectivity index (χ1n) is 8.15. The van der Waals surface area contributed by atoms with Crippen molar-refractivity contribution in [3.05, 3.63) is 11.1 Å². The van der Waals surface area contributed by atoms with E-state index in [1.165, 1.54) is 11.3 Å². The normalized spacial score (nSPS) is 17.9. The molecule has 3 amide bonds. The molecule has 2 heterocycles. The minimum absolute atomic E-state index is 0.0439. The lowest BCUT2D eigenvalue weighted by atomic mass is 9.97. The Morgan fingerprint density at radius 3 is 2.80 bits per heavy atom. The van der Waals surface area contributed by atoms with Crippen molar-refractivity contribution in [2.24, 2.45) is 11.7 Å². The molecule has 0 bridgehead atoms. The van der Waals surface area contributed by atoms with E-state index in [4.69, 9.17) is 10.5 Å². The van der Waals surface area contributed by atoms with Crippen LogP contribution in [-0.2, 0) is 20.7 Å². The van der Waals surface area contributed by atoms with Gasteiger partial charge in [0.1, 0.15) is 5.60 Å². The molecule has 0 spiro atoms. The highest BCUT2D eigenvalue weighted by atomic mass is 32.1. The van der Waals surface area contributed by atoms with Gasteiger partial charge in [-0.1, -0.05) is 0 Å². The van der Waals surface area contributed by atoms with E-state index in [-0.39, 0.29) is 18.2 Å². The molecule has 1 aromatic rings. The van der Waals surface area contributed by atoms with Gasteiger partial charge in [-0.3, -0.25) is 9.59 Å². The van der Waals surface area contributed by atoms with E-state index in [1.54, 1.807) is 10.3 Å². The van der Waals surface area contributed by atoms with Crippen molar-refractivity contribution in [3.63, 3.8) is 0 Å². The van der Waals surface area contributed by atoms with E-state index >= 15 is 0 Å². The Balaban J connectivity index is 1.92. The van der Waals surface area contributed by atoms with Gasteiger partial charge in [-0.05, 0) is 33.6 Å². The van der Waals surface area contributed by atoms with Gasteiger partial charge in [0, 0.05) is 18.5 Å². The average molecular weight is 368 g/mol. The second-order valence-electron chi connectivity index (χ2n) is 7.04. The van der Waals surface area contributed by atoms with Crippen LogP contribution in [-0.4, -0.2) is 46.5 Å². The Bertz CT molecular complexity index is 653. The number of thiazole rings is 1. The van der Waals surface area contributed by atoms with Crippen molar-refractivity contribution in [1.29, 1.82) is 0 Å². The molecule has 8 nitrogen and oxygen atoms in total. The minimum Gasteiger partial charge on any atom is -0.444 e. The third-order valence-corrected chi connectivity index (χ3v) is 4.39. The summed E-state index contributed by atoms with van der Waals surface area (Å²) in [5.74, 6) is -0.971. The summed E-state index contributed by atoms with van der Waals surface area (Å²) >= 11 is 1.24. The molecular weight excluding hydrogens is 344 g/mol. The number of rotatable bonds is 4. The largest absolute Gasteiger partial charge is 0.444 e. The van der Waals surface area contributed by atoms with E-state index in [9.17, 15) is 14.4 Å². The molecule has 25 heavy (non-hydrogen) atoms. The molecule has 9 heteroatoms. The topological polar surface area (TPSA) is 115 Å². The fourth-order valence-corrected chi connectivity index (χ4v) is 3.23. The second-order valence-corrected chi connectivity index (χ2v) is 7.90. The first-order chi connectivity index (χ1) is 11.6. The minimum atomic E-state index is -0.565. The smallest absolute Gasteiger partial charge is 0.410 e. The summed E-state index contributed by atoms with van der Waals surface area (Å²) in [5.41, 5.74) is 5.10. The van der Waals surface area contributed by atoms with E-state index in [0.717, 1.165) is 6.42 Å². The predicted octanol–water partition coefficient (Wildman–Crippen LogP) is 1.76. The molecule has 1 unspecified atom stereocenters. The highest BCUT2D eigenvalue weighted by Gasteiger charge is 2.31. The van der Waals surface area contributed by atoms with Crippen molar-refractivity contribution in [2.45, 2.75) is 45.6 Å². The molecule has 2 rings (SSSR count). The lowest BCUT2D eigenvalue weighted by molar-refractivity contribution is -0.121. The molecule has 1 aromatic heterocycles. The van der Waals surface area contributed by atoms with E-state index in [0.29, 0.717) is 30.3 Å². The number of nitrogens with two attached hydrogens (primary N) is 1. The molecule has 1 saturated heterocycles. The highest BCUT2D eigenvalue weighted by Crippen LogP contribution is 2.22. The first kappa shape index (κ1) is 19.2. The molecule has 0 aliphatic carbocycles. The van der Waals surface area contributed by atoms with Gasteiger partial charge < -0.3 is 20.7 Å². The van der Waals surface area contributed by atoms with Gasteiger partial charge in [0.2, 0.25) is 11.8 Å². The maximum Gasteiger partial charge on any atom is 0.410 e. The maximum atomic E-state index is 12.4. The lowest BCUT2D eigenvalue weighted by Crippen LogP contribution is -2.45. The summed E-state index contributed by atoms with van der Waals surface area (Å²) in [4.78, 5) is 41.2. The van der Waals surface area contributed by atoms with Crippen LogP contribution >= 0.6 is 11.3 Å². The molecule has 0 aromatic carbocycles.